The maximum absolute atomic E-state index is 2.44. The van der Waals surface area contributed by atoms with E-state index in [2.05, 4.69) is 27.7 Å². The molecule has 1 heteroatoms. The fourth-order valence-corrected chi connectivity index (χ4v) is 2.83. The Morgan fingerprint density at radius 1 is 1.17 bits per heavy atom. The molecule has 12 heavy (non-hydrogen) atoms. The molecule has 1 heterocycles. The minimum Gasteiger partial charge on any atom is -0.322 e. The summed E-state index contributed by atoms with van der Waals surface area (Å²) in [7, 11) is 0. The van der Waals surface area contributed by atoms with Crippen molar-refractivity contribution in [2.24, 2.45) is 5.92 Å². The average Bonchev–Trinajstić information content (AvgIpc) is 2.11. The fraction of sp³-hybridized carbons (Fsp3) is 1.00. The van der Waals surface area contributed by atoms with Crippen LogP contribution in [0, 0.1) is 5.92 Å². The molecule has 1 aliphatic heterocycles. The van der Waals surface area contributed by atoms with Crippen LogP contribution in [0.25, 0.3) is 0 Å². The van der Waals surface area contributed by atoms with Crippen LogP contribution in [0.3, 0.4) is 0 Å². The van der Waals surface area contributed by atoms with E-state index in [1.807, 2.05) is 0 Å². The van der Waals surface area contributed by atoms with Crippen molar-refractivity contribution in [3.05, 3.63) is 0 Å². The van der Waals surface area contributed by atoms with Crippen LogP contribution in [-0.4, -0.2) is 30.2 Å². The highest BCUT2D eigenvalue weighted by molar-refractivity contribution is 4.68. The Morgan fingerprint density at radius 3 is 2.17 bits per heavy atom. The third-order valence-electron chi connectivity index (χ3n) is 4.21. The van der Waals surface area contributed by atoms with Gasteiger partial charge in [0, 0.05) is 5.92 Å². The van der Waals surface area contributed by atoms with Crippen molar-refractivity contribution in [3.63, 3.8) is 0 Å². The number of piperidine rings is 1. The van der Waals surface area contributed by atoms with Crippen LogP contribution in [0.15, 0.2) is 0 Å². The van der Waals surface area contributed by atoms with Crippen LogP contribution in [-0.2, 0) is 0 Å². The van der Waals surface area contributed by atoms with Crippen molar-refractivity contribution in [3.8, 4) is 0 Å². The minimum atomic E-state index is 0.883. The van der Waals surface area contributed by atoms with E-state index in [1.54, 1.807) is 0 Å². The van der Waals surface area contributed by atoms with Gasteiger partial charge in [0.05, 0.1) is 25.7 Å². The van der Waals surface area contributed by atoms with Crippen LogP contribution < -0.4 is 0 Å². The summed E-state index contributed by atoms with van der Waals surface area (Å²) in [6.07, 6.45) is 2.88. The Bertz CT molecular complexity index is 138. The van der Waals surface area contributed by atoms with E-state index in [4.69, 9.17) is 0 Å². The van der Waals surface area contributed by atoms with Gasteiger partial charge in [0.15, 0.2) is 0 Å². The molecule has 0 spiro atoms. The van der Waals surface area contributed by atoms with E-state index in [9.17, 15) is 0 Å². The van der Waals surface area contributed by atoms with E-state index in [-0.39, 0.29) is 0 Å². The molecule has 1 nitrogen and oxygen atoms in total. The van der Waals surface area contributed by atoms with Crippen LogP contribution >= 0.6 is 0 Å². The second-order valence-electron chi connectivity index (χ2n) is 4.43. The topological polar surface area (TPSA) is 0 Å². The van der Waals surface area contributed by atoms with Gasteiger partial charge in [0.25, 0.3) is 0 Å². The van der Waals surface area contributed by atoms with E-state index >= 15 is 0 Å². The number of hydrogen-bond donors (Lipinski definition) is 0. The summed E-state index contributed by atoms with van der Waals surface area (Å²) in [5.41, 5.74) is 0. The molecule has 0 bridgehead atoms. The molecular weight excluding hydrogens is 146 g/mol. The molecule has 0 aliphatic carbocycles. The molecule has 1 aliphatic rings. The van der Waals surface area contributed by atoms with E-state index in [0.29, 0.717) is 0 Å². The predicted molar refractivity (Wildman–Crippen MR) is 54.1 cm³/mol. The van der Waals surface area contributed by atoms with Gasteiger partial charge >= 0.3 is 0 Å². The van der Waals surface area contributed by atoms with Gasteiger partial charge in [-0.2, -0.15) is 0 Å². The Labute approximate surface area is 77.4 Å². The Hall–Kier alpha value is -0.0400. The van der Waals surface area contributed by atoms with E-state index in [1.165, 1.54) is 37.0 Å². The summed E-state index contributed by atoms with van der Waals surface area (Å²) >= 11 is 0. The van der Waals surface area contributed by atoms with Crippen LogP contribution in [0.2, 0.25) is 0 Å². The zero-order chi connectivity index (χ0) is 9.19. The van der Waals surface area contributed by atoms with E-state index in [0.717, 1.165) is 12.0 Å². The van der Waals surface area contributed by atoms with Crippen LogP contribution in [0.5, 0.6) is 0 Å². The summed E-state index contributed by atoms with van der Waals surface area (Å²) in [4.78, 5) is 0. The highest BCUT2D eigenvalue weighted by Gasteiger charge is 2.37. The first-order valence-corrected chi connectivity index (χ1v) is 5.52. The van der Waals surface area contributed by atoms with Gasteiger partial charge in [0.1, 0.15) is 0 Å². The molecule has 0 aromatic rings. The van der Waals surface area contributed by atoms with E-state index < -0.39 is 0 Å². The Balaban J connectivity index is 2.71. The quantitative estimate of drug-likeness (QED) is 0.559. The molecule has 0 saturated carbocycles. The predicted octanol–water partition coefficient (Wildman–Crippen LogP) is 2.66. The second-order valence-corrected chi connectivity index (χ2v) is 4.43. The van der Waals surface area contributed by atoms with Crippen molar-refractivity contribution in [2.75, 3.05) is 19.6 Å². The Kier molecular flexibility index (Phi) is 3.16. The summed E-state index contributed by atoms with van der Waals surface area (Å²) in [6.45, 7) is 13.6. The van der Waals surface area contributed by atoms with Crippen LogP contribution in [0.1, 0.15) is 40.5 Å². The lowest BCUT2D eigenvalue weighted by atomic mass is 9.89. The molecule has 0 N–H and O–H groups in total. The third kappa shape index (κ3) is 1.52. The zero-order valence-electron chi connectivity index (χ0n) is 9.14. The molecule has 1 fully saturated rings. The number of hydrogen-bond acceptors (Lipinski definition) is 0. The molecule has 0 aromatic heterocycles. The molecule has 1 saturated heterocycles. The van der Waals surface area contributed by atoms with Crippen molar-refractivity contribution in [1.29, 1.82) is 0 Å². The lowest BCUT2D eigenvalue weighted by Crippen LogP contribution is -2.59. The van der Waals surface area contributed by atoms with Crippen molar-refractivity contribution in [2.45, 2.75) is 46.6 Å². The molecular formula is C11H24N+. The lowest BCUT2D eigenvalue weighted by molar-refractivity contribution is -0.954. The van der Waals surface area contributed by atoms with Gasteiger partial charge in [0.2, 0.25) is 0 Å². The standard InChI is InChI=1S/C11H24N/c1-5-12(6-2)9-7-8-10(3)11(12)4/h10-11H,5-9H2,1-4H3/q+1. The number of quaternary nitrogens is 1. The van der Waals surface area contributed by atoms with Crippen molar-refractivity contribution in [1.82, 2.24) is 0 Å². The fourth-order valence-electron chi connectivity index (χ4n) is 2.83. The molecule has 2 unspecified atom stereocenters. The van der Waals surface area contributed by atoms with Gasteiger partial charge in [-0.05, 0) is 33.6 Å². The number of rotatable bonds is 2. The SMILES string of the molecule is CC[N+]1(CC)CCCC(C)C1C. The van der Waals surface area contributed by atoms with Gasteiger partial charge < -0.3 is 4.48 Å². The average molecular weight is 170 g/mol. The third-order valence-corrected chi connectivity index (χ3v) is 4.21. The normalized spacial score (nSPS) is 35.0. The molecule has 2 atom stereocenters. The summed E-state index contributed by atoms with van der Waals surface area (Å²) in [5, 5.41) is 0. The molecule has 0 aromatic carbocycles. The minimum absolute atomic E-state index is 0.883. The lowest BCUT2D eigenvalue weighted by Gasteiger charge is -2.48. The van der Waals surface area contributed by atoms with Gasteiger partial charge in [-0.1, -0.05) is 6.92 Å². The first kappa shape index (κ1) is 10.0. The van der Waals surface area contributed by atoms with Gasteiger partial charge in [-0.15, -0.1) is 0 Å². The second kappa shape index (κ2) is 3.78. The largest absolute Gasteiger partial charge is 0.322 e. The Morgan fingerprint density at radius 2 is 1.75 bits per heavy atom. The monoisotopic (exact) mass is 170 g/mol. The summed E-state index contributed by atoms with van der Waals surface area (Å²) in [5.74, 6) is 0.929. The maximum atomic E-state index is 2.44. The summed E-state index contributed by atoms with van der Waals surface area (Å²) < 4.78 is 1.36. The highest BCUT2D eigenvalue weighted by Crippen LogP contribution is 2.29. The van der Waals surface area contributed by atoms with Crippen LogP contribution in [0.4, 0.5) is 0 Å². The smallest absolute Gasteiger partial charge is 0.0887 e. The zero-order valence-corrected chi connectivity index (χ0v) is 9.14. The molecule has 72 valence electrons. The number of nitrogens with zero attached hydrogens (tertiary/aromatic N) is 1. The van der Waals surface area contributed by atoms with Gasteiger partial charge in [-0.3, -0.25) is 0 Å². The first-order valence-electron chi connectivity index (χ1n) is 5.52. The summed E-state index contributed by atoms with van der Waals surface area (Å²) in [6, 6.07) is 0.883. The molecule has 0 amide bonds. The molecule has 1 rings (SSSR count). The van der Waals surface area contributed by atoms with Gasteiger partial charge in [-0.25, -0.2) is 0 Å². The highest BCUT2D eigenvalue weighted by atomic mass is 15.4. The molecule has 0 radical (unpaired) electrons. The van der Waals surface area contributed by atoms with Crippen molar-refractivity contribution < 1.29 is 4.48 Å². The number of likely N-dealkylation sites (tertiary alicyclic amines) is 1. The first-order chi connectivity index (χ1) is 5.66. The van der Waals surface area contributed by atoms with Crippen molar-refractivity contribution >= 4 is 0 Å². The maximum Gasteiger partial charge on any atom is 0.0887 e.